The summed E-state index contributed by atoms with van der Waals surface area (Å²) in [6.45, 7) is 2.30. The summed E-state index contributed by atoms with van der Waals surface area (Å²) in [7, 11) is 0. The van der Waals surface area contributed by atoms with Crippen LogP contribution < -0.4 is 5.32 Å². The molecule has 1 aromatic rings. The highest BCUT2D eigenvalue weighted by Gasteiger charge is 2.14. The number of carbonyl (C=O) groups is 1. The highest BCUT2D eigenvalue weighted by atomic mass is 32.1. The fourth-order valence-corrected chi connectivity index (χ4v) is 2.67. The van der Waals surface area contributed by atoms with E-state index in [0.29, 0.717) is 6.42 Å². The van der Waals surface area contributed by atoms with Crippen LogP contribution in [0.5, 0.6) is 0 Å². The normalized spacial score (nSPS) is 17.2. The number of ether oxygens (including phenoxy) is 1. The average molecular weight is 253 g/mol. The molecule has 1 aliphatic heterocycles. The Bertz CT molecular complexity index is 331. The van der Waals surface area contributed by atoms with Gasteiger partial charge < -0.3 is 10.1 Å². The van der Waals surface area contributed by atoms with Crippen LogP contribution in [0.4, 0.5) is 0 Å². The van der Waals surface area contributed by atoms with Crippen molar-refractivity contribution < 1.29 is 9.53 Å². The lowest BCUT2D eigenvalue weighted by atomic mass is 10.1. The second-order valence-corrected chi connectivity index (χ2v) is 5.21. The summed E-state index contributed by atoms with van der Waals surface area (Å²) in [5.74, 6) is 0.217. The van der Waals surface area contributed by atoms with E-state index in [0.717, 1.165) is 32.4 Å². The lowest BCUT2D eigenvalue weighted by Gasteiger charge is -2.22. The Hall–Kier alpha value is -0.710. The van der Waals surface area contributed by atoms with Gasteiger partial charge in [-0.05, 0) is 54.7 Å². The first kappa shape index (κ1) is 12.7. The summed E-state index contributed by atoms with van der Waals surface area (Å²) in [4.78, 5) is 11.6. The molecule has 4 heteroatoms. The van der Waals surface area contributed by atoms with E-state index in [-0.39, 0.29) is 18.5 Å². The third kappa shape index (κ3) is 4.58. The van der Waals surface area contributed by atoms with Crippen molar-refractivity contribution in [3.63, 3.8) is 0 Å². The SMILES string of the molecule is O=C(CCc1ccsc1)COC1CCNCC1. The zero-order valence-corrected chi connectivity index (χ0v) is 10.8. The van der Waals surface area contributed by atoms with Gasteiger partial charge in [0, 0.05) is 6.42 Å². The van der Waals surface area contributed by atoms with E-state index in [9.17, 15) is 4.79 Å². The van der Waals surface area contributed by atoms with Gasteiger partial charge in [0.15, 0.2) is 5.78 Å². The Kier molecular flexibility index (Phi) is 5.16. The van der Waals surface area contributed by atoms with E-state index >= 15 is 0 Å². The second-order valence-electron chi connectivity index (χ2n) is 4.43. The molecule has 0 bridgehead atoms. The number of piperidine rings is 1. The second kappa shape index (κ2) is 6.89. The van der Waals surface area contributed by atoms with Gasteiger partial charge in [-0.2, -0.15) is 11.3 Å². The highest BCUT2D eigenvalue weighted by Crippen LogP contribution is 2.10. The number of ketones is 1. The lowest BCUT2D eigenvalue weighted by Crippen LogP contribution is -2.33. The summed E-state index contributed by atoms with van der Waals surface area (Å²) in [6.07, 6.45) is 3.77. The molecular weight excluding hydrogens is 234 g/mol. The molecule has 0 spiro atoms. The predicted octanol–water partition coefficient (Wildman–Crippen LogP) is 2.02. The summed E-state index contributed by atoms with van der Waals surface area (Å²) in [5.41, 5.74) is 1.25. The molecule has 1 N–H and O–H groups in total. The van der Waals surface area contributed by atoms with Crippen molar-refractivity contribution in [1.82, 2.24) is 5.32 Å². The van der Waals surface area contributed by atoms with Gasteiger partial charge in [0.25, 0.3) is 0 Å². The molecule has 1 saturated heterocycles. The minimum absolute atomic E-state index is 0.217. The minimum atomic E-state index is 0.217. The zero-order valence-electron chi connectivity index (χ0n) is 9.98. The van der Waals surface area contributed by atoms with Crippen LogP contribution in [0.2, 0.25) is 0 Å². The topological polar surface area (TPSA) is 38.3 Å². The molecule has 0 aliphatic carbocycles. The number of hydrogen-bond acceptors (Lipinski definition) is 4. The van der Waals surface area contributed by atoms with Crippen LogP contribution in [0.15, 0.2) is 16.8 Å². The molecule has 3 nitrogen and oxygen atoms in total. The number of carbonyl (C=O) groups excluding carboxylic acids is 1. The third-order valence-electron chi connectivity index (χ3n) is 3.04. The maximum atomic E-state index is 11.6. The minimum Gasteiger partial charge on any atom is -0.370 e. The third-order valence-corrected chi connectivity index (χ3v) is 3.77. The zero-order chi connectivity index (χ0) is 11.9. The highest BCUT2D eigenvalue weighted by molar-refractivity contribution is 7.07. The summed E-state index contributed by atoms with van der Waals surface area (Å²) >= 11 is 1.68. The van der Waals surface area contributed by atoms with E-state index in [1.54, 1.807) is 11.3 Å². The molecule has 2 rings (SSSR count). The molecule has 0 radical (unpaired) electrons. The van der Waals surface area contributed by atoms with Crippen LogP contribution in [0.3, 0.4) is 0 Å². The summed E-state index contributed by atoms with van der Waals surface area (Å²) < 4.78 is 5.63. The van der Waals surface area contributed by atoms with Crippen LogP contribution in [0, 0.1) is 0 Å². The number of aryl methyl sites for hydroxylation is 1. The molecule has 0 amide bonds. The first-order chi connectivity index (χ1) is 8.34. The molecule has 17 heavy (non-hydrogen) atoms. The molecule has 0 unspecified atom stereocenters. The molecule has 0 saturated carbocycles. The van der Waals surface area contributed by atoms with Crippen LogP contribution in [-0.2, 0) is 16.0 Å². The first-order valence-electron chi connectivity index (χ1n) is 6.19. The fraction of sp³-hybridized carbons (Fsp3) is 0.615. The van der Waals surface area contributed by atoms with Crippen molar-refractivity contribution >= 4 is 17.1 Å². The van der Waals surface area contributed by atoms with Crippen molar-refractivity contribution in [1.29, 1.82) is 0 Å². The Labute approximate surface area is 106 Å². The predicted molar refractivity (Wildman–Crippen MR) is 69.5 cm³/mol. The molecule has 1 aliphatic rings. The number of Topliss-reactive ketones (excluding diaryl/α,β-unsaturated/α-hetero) is 1. The van der Waals surface area contributed by atoms with Crippen LogP contribution in [0.25, 0.3) is 0 Å². The van der Waals surface area contributed by atoms with Gasteiger partial charge in [-0.1, -0.05) is 0 Å². The van der Waals surface area contributed by atoms with Gasteiger partial charge in [0.1, 0.15) is 6.61 Å². The smallest absolute Gasteiger partial charge is 0.158 e. The van der Waals surface area contributed by atoms with Crippen molar-refractivity contribution in [2.75, 3.05) is 19.7 Å². The molecule has 1 aromatic heterocycles. The first-order valence-corrected chi connectivity index (χ1v) is 7.14. The van der Waals surface area contributed by atoms with Gasteiger partial charge in [0.2, 0.25) is 0 Å². The lowest BCUT2D eigenvalue weighted by molar-refractivity contribution is -0.126. The Morgan fingerprint density at radius 2 is 2.29 bits per heavy atom. The molecule has 2 heterocycles. The van der Waals surface area contributed by atoms with Crippen molar-refractivity contribution in [2.24, 2.45) is 0 Å². The van der Waals surface area contributed by atoms with Crippen molar-refractivity contribution in [2.45, 2.75) is 31.8 Å². The van der Waals surface area contributed by atoms with Crippen LogP contribution in [0.1, 0.15) is 24.8 Å². The van der Waals surface area contributed by atoms with Gasteiger partial charge in [0.05, 0.1) is 6.10 Å². The quantitative estimate of drug-likeness (QED) is 0.843. The largest absolute Gasteiger partial charge is 0.370 e. The average Bonchev–Trinajstić information content (AvgIpc) is 2.88. The number of thiophene rings is 1. The Morgan fingerprint density at radius 1 is 1.47 bits per heavy atom. The van der Waals surface area contributed by atoms with Gasteiger partial charge in [-0.25, -0.2) is 0 Å². The Morgan fingerprint density at radius 3 is 3.00 bits per heavy atom. The van der Waals surface area contributed by atoms with Gasteiger partial charge in [-0.3, -0.25) is 4.79 Å². The summed E-state index contributed by atoms with van der Waals surface area (Å²) in [6, 6.07) is 2.08. The van der Waals surface area contributed by atoms with Crippen LogP contribution >= 0.6 is 11.3 Å². The van der Waals surface area contributed by atoms with E-state index in [1.165, 1.54) is 5.56 Å². The van der Waals surface area contributed by atoms with Crippen molar-refractivity contribution in [3.05, 3.63) is 22.4 Å². The van der Waals surface area contributed by atoms with E-state index in [4.69, 9.17) is 4.74 Å². The summed E-state index contributed by atoms with van der Waals surface area (Å²) in [5, 5.41) is 7.43. The van der Waals surface area contributed by atoms with Crippen LogP contribution in [-0.4, -0.2) is 31.6 Å². The molecule has 1 fully saturated rings. The number of rotatable bonds is 6. The van der Waals surface area contributed by atoms with Gasteiger partial charge >= 0.3 is 0 Å². The number of hydrogen-bond donors (Lipinski definition) is 1. The molecular formula is C13H19NO2S. The van der Waals surface area contributed by atoms with Crippen molar-refractivity contribution in [3.8, 4) is 0 Å². The number of nitrogens with one attached hydrogen (secondary N) is 1. The molecule has 0 atom stereocenters. The maximum absolute atomic E-state index is 11.6. The monoisotopic (exact) mass is 253 g/mol. The van der Waals surface area contributed by atoms with Gasteiger partial charge in [-0.15, -0.1) is 0 Å². The molecule has 0 aromatic carbocycles. The maximum Gasteiger partial charge on any atom is 0.158 e. The molecule has 94 valence electrons. The van der Waals surface area contributed by atoms with E-state index in [1.807, 2.05) is 5.38 Å². The Balaban J connectivity index is 1.60. The fourth-order valence-electron chi connectivity index (χ4n) is 1.96. The van der Waals surface area contributed by atoms with E-state index < -0.39 is 0 Å². The standard InChI is InChI=1S/C13H19NO2S/c15-12(2-1-11-5-8-17-10-11)9-16-13-3-6-14-7-4-13/h5,8,10,13-14H,1-4,6-7,9H2. The van der Waals surface area contributed by atoms with E-state index in [2.05, 4.69) is 16.8 Å².